The summed E-state index contributed by atoms with van der Waals surface area (Å²) in [5.41, 5.74) is 16.3. The number of anilines is 4. The van der Waals surface area contributed by atoms with Crippen LogP contribution < -0.4 is 26.2 Å². The van der Waals surface area contributed by atoms with Crippen molar-refractivity contribution in [2.24, 2.45) is 11.8 Å². The highest BCUT2D eigenvalue weighted by atomic mass is 15.3. The van der Waals surface area contributed by atoms with Crippen molar-refractivity contribution in [3.63, 3.8) is 0 Å². The highest BCUT2D eigenvalue weighted by Crippen LogP contribution is 2.66. The van der Waals surface area contributed by atoms with Crippen LogP contribution in [-0.4, -0.2) is 17.8 Å². The molecule has 4 heterocycles. The van der Waals surface area contributed by atoms with Gasteiger partial charge in [0.25, 0.3) is 6.71 Å². The third kappa shape index (κ3) is 2.43. The number of aryl methyl sites for hydroxylation is 1. The molecular formula is C39H45BN2. The molecule has 0 spiro atoms. The first-order chi connectivity index (χ1) is 20.2. The van der Waals surface area contributed by atoms with Gasteiger partial charge in [0, 0.05) is 33.6 Å². The molecule has 3 aliphatic carbocycles. The summed E-state index contributed by atoms with van der Waals surface area (Å²) in [6.07, 6.45) is 13.7. The van der Waals surface area contributed by atoms with E-state index in [0.717, 1.165) is 11.8 Å². The SMILES string of the molecule is Cc1ccc2c3c1C1(C)CCCCC1(C)N3c1cccc3c1B2c1cccc2c1N3C1(C)CC3CCCCC3CC21C. The van der Waals surface area contributed by atoms with Gasteiger partial charge < -0.3 is 9.80 Å². The van der Waals surface area contributed by atoms with E-state index in [1.165, 1.54) is 81.1 Å². The van der Waals surface area contributed by atoms with Crippen LogP contribution in [0.25, 0.3) is 0 Å². The normalized spacial score (nSPS) is 37.9. The van der Waals surface area contributed by atoms with Gasteiger partial charge in [-0.1, -0.05) is 88.8 Å². The Morgan fingerprint density at radius 2 is 1.33 bits per heavy atom. The maximum Gasteiger partial charge on any atom is 0.252 e. The minimum Gasteiger partial charge on any atom is -0.335 e. The van der Waals surface area contributed by atoms with Gasteiger partial charge in [0.05, 0.1) is 11.1 Å². The summed E-state index contributed by atoms with van der Waals surface area (Å²) in [4.78, 5) is 5.82. The Balaban J connectivity index is 1.29. The third-order valence-electron chi connectivity index (χ3n) is 14.9. The lowest BCUT2D eigenvalue weighted by Crippen LogP contribution is -2.67. The van der Waals surface area contributed by atoms with Crippen LogP contribution in [0.3, 0.4) is 0 Å². The van der Waals surface area contributed by atoms with E-state index in [2.05, 4.69) is 92.9 Å². The number of hydrogen-bond donors (Lipinski definition) is 0. The van der Waals surface area contributed by atoms with Crippen molar-refractivity contribution in [1.29, 1.82) is 0 Å². The molecule has 4 aliphatic heterocycles. The van der Waals surface area contributed by atoms with Crippen LogP contribution in [0.1, 0.15) is 109 Å². The van der Waals surface area contributed by atoms with Crippen LogP contribution in [-0.2, 0) is 10.8 Å². The molecule has 7 aliphatic rings. The number of benzene rings is 3. The van der Waals surface area contributed by atoms with E-state index in [-0.39, 0.29) is 21.9 Å². The highest BCUT2D eigenvalue weighted by molar-refractivity contribution is 7.00. The maximum absolute atomic E-state index is 2.93. The molecule has 3 aromatic carbocycles. The number of hydrogen-bond acceptors (Lipinski definition) is 2. The predicted octanol–water partition coefficient (Wildman–Crippen LogP) is 7.65. The smallest absolute Gasteiger partial charge is 0.252 e. The van der Waals surface area contributed by atoms with Crippen LogP contribution >= 0.6 is 0 Å². The molecule has 0 radical (unpaired) electrons. The van der Waals surface area contributed by atoms with Crippen LogP contribution in [0.5, 0.6) is 0 Å². The van der Waals surface area contributed by atoms with Crippen molar-refractivity contribution in [3.05, 3.63) is 65.2 Å². The lowest BCUT2D eigenvalue weighted by atomic mass is 9.33. The molecule has 0 aromatic heterocycles. The molecule has 3 heteroatoms. The molecule has 0 N–H and O–H groups in total. The second-order valence-corrected chi connectivity index (χ2v) is 16.4. The molecule has 10 rings (SSSR count). The van der Waals surface area contributed by atoms with Gasteiger partial charge in [0.1, 0.15) is 0 Å². The van der Waals surface area contributed by atoms with Crippen LogP contribution in [0.4, 0.5) is 22.7 Å². The van der Waals surface area contributed by atoms with Gasteiger partial charge in [-0.2, -0.15) is 0 Å². The van der Waals surface area contributed by atoms with Gasteiger partial charge in [-0.3, -0.25) is 0 Å². The minimum atomic E-state index is 0.108. The molecule has 0 bridgehead atoms. The zero-order valence-electron chi connectivity index (χ0n) is 26.3. The van der Waals surface area contributed by atoms with Gasteiger partial charge >= 0.3 is 0 Å². The zero-order chi connectivity index (χ0) is 28.4. The number of rotatable bonds is 0. The molecule has 6 atom stereocenters. The first-order valence-electron chi connectivity index (χ1n) is 17.2. The van der Waals surface area contributed by atoms with Gasteiger partial charge in [0.15, 0.2) is 0 Å². The van der Waals surface area contributed by atoms with E-state index >= 15 is 0 Å². The minimum absolute atomic E-state index is 0.108. The van der Waals surface area contributed by atoms with Crippen molar-refractivity contribution >= 4 is 45.9 Å². The fourth-order valence-electron chi connectivity index (χ4n) is 12.6. The molecule has 3 aromatic rings. The summed E-state index contributed by atoms with van der Waals surface area (Å²) in [7, 11) is 0. The van der Waals surface area contributed by atoms with Gasteiger partial charge in [-0.15, -0.1) is 0 Å². The van der Waals surface area contributed by atoms with Crippen LogP contribution in [0.15, 0.2) is 48.5 Å². The van der Waals surface area contributed by atoms with E-state index in [1.54, 1.807) is 38.9 Å². The number of para-hydroxylation sites is 1. The fourth-order valence-corrected chi connectivity index (χ4v) is 12.6. The molecule has 2 nitrogen and oxygen atoms in total. The van der Waals surface area contributed by atoms with Crippen molar-refractivity contribution in [3.8, 4) is 0 Å². The van der Waals surface area contributed by atoms with Crippen LogP contribution in [0.2, 0.25) is 0 Å². The average Bonchev–Trinajstić information content (AvgIpc) is 3.33. The second-order valence-electron chi connectivity index (χ2n) is 16.4. The maximum atomic E-state index is 2.93. The Bertz CT molecular complexity index is 1730. The Labute approximate surface area is 253 Å². The van der Waals surface area contributed by atoms with Crippen molar-refractivity contribution in [2.45, 2.75) is 121 Å². The molecule has 0 saturated heterocycles. The summed E-state index contributed by atoms with van der Waals surface area (Å²) in [5, 5.41) is 0. The number of nitrogens with zero attached hydrogens (tertiary/aromatic N) is 2. The van der Waals surface area contributed by atoms with E-state index in [1.807, 2.05) is 0 Å². The molecule has 3 saturated carbocycles. The van der Waals surface area contributed by atoms with E-state index in [4.69, 9.17) is 0 Å². The molecule has 42 heavy (non-hydrogen) atoms. The average molecular weight is 553 g/mol. The lowest BCUT2D eigenvalue weighted by Gasteiger charge is -2.57. The summed E-state index contributed by atoms with van der Waals surface area (Å²) in [6.45, 7) is 13.2. The van der Waals surface area contributed by atoms with Crippen molar-refractivity contribution in [1.82, 2.24) is 0 Å². The molecule has 0 amide bonds. The van der Waals surface area contributed by atoms with Gasteiger partial charge in [-0.25, -0.2) is 0 Å². The third-order valence-corrected chi connectivity index (χ3v) is 14.9. The lowest BCUT2D eigenvalue weighted by molar-refractivity contribution is 0.0581. The van der Waals surface area contributed by atoms with Gasteiger partial charge in [0.2, 0.25) is 0 Å². The van der Waals surface area contributed by atoms with E-state index in [9.17, 15) is 0 Å². The fraction of sp³-hybridized carbons (Fsp3) is 0.538. The first-order valence-corrected chi connectivity index (χ1v) is 17.2. The largest absolute Gasteiger partial charge is 0.335 e. The summed E-state index contributed by atoms with van der Waals surface area (Å²) in [5.74, 6) is 1.76. The predicted molar refractivity (Wildman–Crippen MR) is 178 cm³/mol. The van der Waals surface area contributed by atoms with E-state index in [0.29, 0.717) is 6.71 Å². The van der Waals surface area contributed by atoms with Gasteiger partial charge in [-0.05, 0) is 104 Å². The summed E-state index contributed by atoms with van der Waals surface area (Å²) < 4.78 is 0. The molecule has 6 unspecified atom stereocenters. The summed E-state index contributed by atoms with van der Waals surface area (Å²) in [6, 6.07) is 19.9. The topological polar surface area (TPSA) is 6.48 Å². The van der Waals surface area contributed by atoms with Crippen molar-refractivity contribution < 1.29 is 0 Å². The summed E-state index contributed by atoms with van der Waals surface area (Å²) >= 11 is 0. The highest BCUT2D eigenvalue weighted by Gasteiger charge is 2.66. The Hall–Kier alpha value is -2.68. The standard InChI is InChI=1S/C39H45BN2/c1-24-18-19-29-35-32(24)36(2)20-8-9-21-38(36,4)42(35)31-17-11-16-30-33(31)40(29)28-15-10-14-27-34(28)41(30)39(5)23-26-13-7-6-12-25(26)22-37(27,39)3/h10-11,14-19,25-26H,6-9,12-13,20-23H2,1-5H3. The zero-order valence-corrected chi connectivity index (χ0v) is 26.3. The van der Waals surface area contributed by atoms with E-state index < -0.39 is 0 Å². The van der Waals surface area contributed by atoms with Crippen molar-refractivity contribution in [2.75, 3.05) is 9.80 Å². The first kappa shape index (κ1) is 24.7. The molecular weight excluding hydrogens is 507 g/mol. The Morgan fingerprint density at radius 1 is 0.667 bits per heavy atom. The molecule has 3 fully saturated rings. The number of fused-ring (bicyclic) bond motifs is 11. The second kappa shape index (κ2) is 7.51. The Kier molecular flexibility index (Phi) is 4.42. The molecule has 214 valence electrons. The monoisotopic (exact) mass is 552 g/mol. The Morgan fingerprint density at radius 3 is 2.12 bits per heavy atom. The quantitative estimate of drug-likeness (QED) is 0.265. The van der Waals surface area contributed by atoms with Crippen LogP contribution in [0, 0.1) is 18.8 Å².